The number of likely N-dealkylation sites (N-methyl/N-ethyl adjacent to an activating group) is 1. The van der Waals surface area contributed by atoms with E-state index in [1.165, 1.54) is 5.56 Å². The Morgan fingerprint density at radius 3 is 2.04 bits per heavy atom. The summed E-state index contributed by atoms with van der Waals surface area (Å²) in [5, 5.41) is 6.87. The van der Waals surface area contributed by atoms with Crippen LogP contribution < -0.4 is 10.6 Å². The molecule has 3 aromatic rings. The monoisotopic (exact) mass is 375 g/mol. The van der Waals surface area contributed by atoms with Gasteiger partial charge in [0.1, 0.15) is 11.6 Å². The highest BCUT2D eigenvalue weighted by Crippen LogP contribution is 2.20. The summed E-state index contributed by atoms with van der Waals surface area (Å²) in [5.41, 5.74) is 2.38. The lowest BCUT2D eigenvalue weighted by atomic mass is 10.1. The van der Waals surface area contributed by atoms with Crippen LogP contribution in [0.1, 0.15) is 12.0 Å². The van der Waals surface area contributed by atoms with Crippen LogP contribution in [0.15, 0.2) is 66.7 Å². The predicted octanol–water partition coefficient (Wildman–Crippen LogP) is 4.16. The van der Waals surface area contributed by atoms with Gasteiger partial charge in [-0.25, -0.2) is 9.97 Å². The summed E-state index contributed by atoms with van der Waals surface area (Å²) in [4.78, 5) is 11.6. The van der Waals surface area contributed by atoms with E-state index in [0.717, 1.165) is 55.5 Å². The maximum Gasteiger partial charge on any atom is 0.163 e. The topological polar surface area (TPSA) is 53.1 Å². The highest BCUT2D eigenvalue weighted by molar-refractivity contribution is 5.61. The van der Waals surface area contributed by atoms with Crippen molar-refractivity contribution in [1.82, 2.24) is 14.9 Å². The zero-order chi connectivity index (χ0) is 19.6. The molecule has 0 fully saturated rings. The fourth-order valence-electron chi connectivity index (χ4n) is 2.91. The Morgan fingerprint density at radius 1 is 0.786 bits per heavy atom. The van der Waals surface area contributed by atoms with Gasteiger partial charge < -0.3 is 15.5 Å². The van der Waals surface area contributed by atoms with E-state index in [0.29, 0.717) is 0 Å². The van der Waals surface area contributed by atoms with E-state index in [1.54, 1.807) is 0 Å². The van der Waals surface area contributed by atoms with Crippen LogP contribution in [0, 0.1) is 0 Å². The Bertz CT molecular complexity index is 834. The molecule has 28 heavy (non-hydrogen) atoms. The Balaban J connectivity index is 1.66. The van der Waals surface area contributed by atoms with Crippen LogP contribution in [0.4, 0.5) is 11.6 Å². The molecule has 0 saturated heterocycles. The van der Waals surface area contributed by atoms with E-state index in [1.807, 2.05) is 36.4 Å². The minimum atomic E-state index is 0.737. The van der Waals surface area contributed by atoms with Crippen LogP contribution in [0.25, 0.3) is 11.4 Å². The van der Waals surface area contributed by atoms with Gasteiger partial charge in [-0.2, -0.15) is 0 Å². The minimum Gasteiger partial charge on any atom is -0.370 e. The van der Waals surface area contributed by atoms with Gasteiger partial charge in [0.15, 0.2) is 5.82 Å². The van der Waals surface area contributed by atoms with Gasteiger partial charge in [0.25, 0.3) is 0 Å². The van der Waals surface area contributed by atoms with Gasteiger partial charge in [-0.05, 0) is 32.5 Å². The van der Waals surface area contributed by atoms with Crippen molar-refractivity contribution >= 4 is 11.6 Å². The molecule has 5 heteroatoms. The number of hydrogen-bond donors (Lipinski definition) is 2. The predicted molar refractivity (Wildman–Crippen MR) is 118 cm³/mol. The summed E-state index contributed by atoms with van der Waals surface area (Å²) in [6.45, 7) is 2.66. The van der Waals surface area contributed by atoms with Crippen molar-refractivity contribution in [3.05, 3.63) is 72.3 Å². The van der Waals surface area contributed by atoms with Crippen LogP contribution in [-0.4, -0.2) is 48.6 Å². The minimum absolute atomic E-state index is 0.737. The first-order valence-electron chi connectivity index (χ1n) is 9.81. The van der Waals surface area contributed by atoms with Crippen LogP contribution in [0.2, 0.25) is 0 Å². The largest absolute Gasteiger partial charge is 0.370 e. The van der Waals surface area contributed by atoms with Crippen LogP contribution in [-0.2, 0) is 6.42 Å². The number of nitrogens with zero attached hydrogens (tertiary/aromatic N) is 3. The number of aromatic nitrogens is 2. The first-order chi connectivity index (χ1) is 13.7. The number of aryl methyl sites for hydroxylation is 1. The van der Waals surface area contributed by atoms with Crippen molar-refractivity contribution in [1.29, 1.82) is 0 Å². The quantitative estimate of drug-likeness (QED) is 0.521. The van der Waals surface area contributed by atoms with Gasteiger partial charge in [0, 0.05) is 31.3 Å². The third kappa shape index (κ3) is 6.35. The fourth-order valence-corrected chi connectivity index (χ4v) is 2.91. The molecule has 2 aromatic carbocycles. The number of rotatable bonds is 10. The fraction of sp³-hybridized carbons (Fsp3) is 0.304. The molecule has 0 aliphatic heterocycles. The average molecular weight is 376 g/mol. The molecule has 2 N–H and O–H groups in total. The van der Waals surface area contributed by atoms with Crippen molar-refractivity contribution in [3.63, 3.8) is 0 Å². The van der Waals surface area contributed by atoms with Gasteiger partial charge in [-0.15, -0.1) is 0 Å². The molecule has 0 aliphatic rings. The normalized spacial score (nSPS) is 10.8. The second kappa shape index (κ2) is 10.4. The number of nitrogens with one attached hydrogen (secondary N) is 2. The maximum absolute atomic E-state index is 4.72. The summed E-state index contributed by atoms with van der Waals surface area (Å²) in [5.74, 6) is 2.44. The third-order valence-corrected chi connectivity index (χ3v) is 4.41. The van der Waals surface area contributed by atoms with E-state index in [2.05, 4.69) is 60.0 Å². The van der Waals surface area contributed by atoms with E-state index >= 15 is 0 Å². The Morgan fingerprint density at radius 2 is 1.39 bits per heavy atom. The van der Waals surface area contributed by atoms with Gasteiger partial charge in [0.05, 0.1) is 0 Å². The number of anilines is 2. The standard InChI is InChI=1S/C23H29N5/c1-28(2)17-16-25-22-18-21(24-15-9-12-19-10-5-3-6-11-19)26-23(27-22)20-13-7-4-8-14-20/h3-8,10-11,13-14,18H,9,12,15-17H2,1-2H3,(H2,24,25,26,27). The zero-order valence-corrected chi connectivity index (χ0v) is 16.7. The maximum atomic E-state index is 4.72. The lowest BCUT2D eigenvalue weighted by Crippen LogP contribution is -2.21. The highest BCUT2D eigenvalue weighted by Gasteiger charge is 2.07. The first-order valence-corrected chi connectivity index (χ1v) is 9.81. The lowest BCUT2D eigenvalue weighted by molar-refractivity contribution is 0.425. The molecule has 0 unspecified atom stereocenters. The smallest absolute Gasteiger partial charge is 0.163 e. The molecule has 0 atom stereocenters. The number of hydrogen-bond acceptors (Lipinski definition) is 5. The Hall–Kier alpha value is -2.92. The van der Waals surface area contributed by atoms with Crippen LogP contribution in [0.5, 0.6) is 0 Å². The first kappa shape index (κ1) is 19.8. The summed E-state index contributed by atoms with van der Waals surface area (Å²) in [7, 11) is 4.13. The molecule has 5 nitrogen and oxygen atoms in total. The molecule has 0 amide bonds. The molecule has 0 saturated carbocycles. The van der Waals surface area contributed by atoms with Gasteiger partial charge in [-0.3, -0.25) is 0 Å². The van der Waals surface area contributed by atoms with Crippen molar-refractivity contribution in [2.24, 2.45) is 0 Å². The molecule has 3 rings (SSSR count). The average Bonchev–Trinajstić information content (AvgIpc) is 2.72. The second-order valence-corrected chi connectivity index (χ2v) is 7.07. The molecular weight excluding hydrogens is 346 g/mol. The summed E-state index contributed by atoms with van der Waals surface area (Å²) in [6, 6.07) is 22.7. The lowest BCUT2D eigenvalue weighted by Gasteiger charge is -2.13. The van der Waals surface area contributed by atoms with E-state index < -0.39 is 0 Å². The summed E-state index contributed by atoms with van der Waals surface area (Å²) < 4.78 is 0. The Labute approximate surface area is 167 Å². The second-order valence-electron chi connectivity index (χ2n) is 7.07. The van der Waals surface area contributed by atoms with Gasteiger partial charge in [0.2, 0.25) is 0 Å². The van der Waals surface area contributed by atoms with Crippen molar-refractivity contribution < 1.29 is 0 Å². The van der Waals surface area contributed by atoms with Crippen LogP contribution in [0.3, 0.4) is 0 Å². The van der Waals surface area contributed by atoms with Gasteiger partial charge >= 0.3 is 0 Å². The Kier molecular flexibility index (Phi) is 7.38. The molecule has 0 radical (unpaired) electrons. The molecule has 1 heterocycles. The SMILES string of the molecule is CN(C)CCNc1cc(NCCCc2ccccc2)nc(-c2ccccc2)n1. The van der Waals surface area contributed by atoms with E-state index in [-0.39, 0.29) is 0 Å². The molecule has 0 spiro atoms. The molecule has 0 bridgehead atoms. The summed E-state index contributed by atoms with van der Waals surface area (Å²) >= 11 is 0. The third-order valence-electron chi connectivity index (χ3n) is 4.41. The number of benzene rings is 2. The molecular formula is C23H29N5. The van der Waals surface area contributed by atoms with Crippen LogP contribution >= 0.6 is 0 Å². The summed E-state index contributed by atoms with van der Waals surface area (Å²) in [6.07, 6.45) is 2.11. The molecule has 146 valence electrons. The van der Waals surface area contributed by atoms with E-state index in [9.17, 15) is 0 Å². The van der Waals surface area contributed by atoms with Crippen molar-refractivity contribution in [2.75, 3.05) is 44.4 Å². The van der Waals surface area contributed by atoms with Gasteiger partial charge in [-0.1, -0.05) is 60.7 Å². The van der Waals surface area contributed by atoms with Crippen molar-refractivity contribution in [3.8, 4) is 11.4 Å². The molecule has 0 aliphatic carbocycles. The molecule has 1 aromatic heterocycles. The van der Waals surface area contributed by atoms with E-state index in [4.69, 9.17) is 9.97 Å². The highest BCUT2D eigenvalue weighted by atomic mass is 15.1. The zero-order valence-electron chi connectivity index (χ0n) is 16.7. The van der Waals surface area contributed by atoms with Crippen molar-refractivity contribution in [2.45, 2.75) is 12.8 Å².